The maximum atomic E-state index is 11.1. The van der Waals surface area contributed by atoms with Gasteiger partial charge >= 0.3 is 0 Å². The normalized spacial score (nSPS) is 11.2. The summed E-state index contributed by atoms with van der Waals surface area (Å²) in [7, 11) is -3.66. The Balaban J connectivity index is 2.37. The maximum absolute atomic E-state index is 11.1. The molecular formula is C13H11NO3S. The third-order valence-electron chi connectivity index (χ3n) is 2.56. The van der Waals surface area contributed by atoms with Crippen LogP contribution in [-0.2, 0) is 10.0 Å². The van der Waals surface area contributed by atoms with E-state index < -0.39 is 10.0 Å². The fourth-order valence-corrected chi connectivity index (χ4v) is 2.11. The number of rotatable bonds is 3. The van der Waals surface area contributed by atoms with Gasteiger partial charge < -0.3 is 0 Å². The van der Waals surface area contributed by atoms with Crippen molar-refractivity contribution in [3.63, 3.8) is 0 Å². The van der Waals surface area contributed by atoms with E-state index in [4.69, 9.17) is 5.14 Å². The predicted molar refractivity (Wildman–Crippen MR) is 68.6 cm³/mol. The number of carbonyl (C=O) groups excluding carboxylic acids is 1. The van der Waals surface area contributed by atoms with Crippen LogP contribution in [0.4, 0.5) is 0 Å². The molecule has 5 heteroatoms. The molecule has 0 bridgehead atoms. The molecule has 0 aliphatic heterocycles. The molecule has 0 atom stereocenters. The molecule has 0 heterocycles. The van der Waals surface area contributed by atoms with Crippen LogP contribution in [0.3, 0.4) is 0 Å². The molecule has 0 aromatic heterocycles. The predicted octanol–water partition coefficient (Wildman–Crippen LogP) is 1.81. The first-order chi connectivity index (χ1) is 8.50. The van der Waals surface area contributed by atoms with Crippen LogP contribution in [0.2, 0.25) is 0 Å². The number of hydrogen-bond donors (Lipinski definition) is 1. The van der Waals surface area contributed by atoms with Crippen LogP contribution in [0.25, 0.3) is 11.1 Å². The van der Waals surface area contributed by atoms with Crippen LogP contribution in [0.1, 0.15) is 10.4 Å². The van der Waals surface area contributed by atoms with Gasteiger partial charge in [-0.2, -0.15) is 0 Å². The van der Waals surface area contributed by atoms with Crippen molar-refractivity contribution in [2.45, 2.75) is 4.90 Å². The summed E-state index contributed by atoms with van der Waals surface area (Å²) in [5.74, 6) is 0. The Labute approximate surface area is 105 Å². The standard InChI is InChI=1S/C13H11NO3S/c14-18(16,17)13-7-5-12(6-8-13)11-3-1-10(9-15)2-4-11/h1-9H,(H2,14,16,17). The molecule has 0 aliphatic rings. The van der Waals surface area contributed by atoms with Crippen LogP contribution in [0.5, 0.6) is 0 Å². The van der Waals surface area contributed by atoms with Crippen molar-refractivity contribution in [1.82, 2.24) is 0 Å². The second-order valence-corrected chi connectivity index (χ2v) is 5.37. The summed E-state index contributed by atoms with van der Waals surface area (Å²) < 4.78 is 22.2. The highest BCUT2D eigenvalue weighted by molar-refractivity contribution is 7.89. The molecule has 0 radical (unpaired) electrons. The number of primary sulfonamides is 1. The molecular weight excluding hydrogens is 250 g/mol. The quantitative estimate of drug-likeness (QED) is 0.856. The van der Waals surface area contributed by atoms with Gasteiger partial charge in [0.1, 0.15) is 6.29 Å². The van der Waals surface area contributed by atoms with E-state index in [1.54, 1.807) is 36.4 Å². The third kappa shape index (κ3) is 2.64. The van der Waals surface area contributed by atoms with E-state index in [1.165, 1.54) is 12.1 Å². The Morgan fingerprint density at radius 1 is 0.833 bits per heavy atom. The van der Waals surface area contributed by atoms with Gasteiger partial charge in [0.05, 0.1) is 4.90 Å². The van der Waals surface area contributed by atoms with Crippen LogP contribution < -0.4 is 5.14 Å². The lowest BCUT2D eigenvalue weighted by Gasteiger charge is -2.03. The van der Waals surface area contributed by atoms with Gasteiger partial charge in [0.2, 0.25) is 10.0 Å². The number of aldehydes is 1. The summed E-state index contributed by atoms with van der Waals surface area (Å²) in [5.41, 5.74) is 2.36. The number of hydrogen-bond acceptors (Lipinski definition) is 3. The van der Waals surface area contributed by atoms with E-state index >= 15 is 0 Å². The van der Waals surface area contributed by atoms with Crippen molar-refractivity contribution >= 4 is 16.3 Å². The van der Waals surface area contributed by atoms with E-state index in [9.17, 15) is 13.2 Å². The average molecular weight is 261 g/mol. The maximum Gasteiger partial charge on any atom is 0.238 e. The molecule has 92 valence electrons. The lowest BCUT2D eigenvalue weighted by Crippen LogP contribution is -2.11. The number of benzene rings is 2. The van der Waals surface area contributed by atoms with Crippen molar-refractivity contribution in [2.75, 3.05) is 0 Å². The van der Waals surface area contributed by atoms with E-state index in [1.807, 2.05) is 0 Å². The topological polar surface area (TPSA) is 77.2 Å². The van der Waals surface area contributed by atoms with Gasteiger partial charge in [-0.05, 0) is 23.3 Å². The monoisotopic (exact) mass is 261 g/mol. The minimum atomic E-state index is -3.66. The SMILES string of the molecule is NS(=O)(=O)c1ccc(-c2ccc(C=O)cc2)cc1. The summed E-state index contributed by atoms with van der Waals surface area (Å²) in [6.45, 7) is 0. The first-order valence-electron chi connectivity index (χ1n) is 5.19. The number of carbonyl (C=O) groups is 1. The molecule has 2 aromatic carbocycles. The van der Waals surface area contributed by atoms with Crippen molar-refractivity contribution in [2.24, 2.45) is 5.14 Å². The molecule has 0 aliphatic carbocycles. The molecule has 2 rings (SSSR count). The Morgan fingerprint density at radius 3 is 1.67 bits per heavy atom. The number of nitrogens with two attached hydrogens (primary N) is 1. The first kappa shape index (κ1) is 12.5. The van der Waals surface area contributed by atoms with E-state index in [2.05, 4.69) is 0 Å². The van der Waals surface area contributed by atoms with E-state index in [0.29, 0.717) is 5.56 Å². The molecule has 2 N–H and O–H groups in total. The second-order valence-electron chi connectivity index (χ2n) is 3.81. The van der Waals surface area contributed by atoms with Gasteiger partial charge in [-0.1, -0.05) is 36.4 Å². The van der Waals surface area contributed by atoms with Gasteiger partial charge in [0, 0.05) is 5.56 Å². The third-order valence-corrected chi connectivity index (χ3v) is 3.49. The summed E-state index contributed by atoms with van der Waals surface area (Å²) >= 11 is 0. The van der Waals surface area contributed by atoms with Crippen molar-refractivity contribution in [3.05, 3.63) is 54.1 Å². The lowest BCUT2D eigenvalue weighted by atomic mass is 10.0. The Bertz CT molecular complexity index is 658. The van der Waals surface area contributed by atoms with Crippen LogP contribution in [0.15, 0.2) is 53.4 Å². The minimum Gasteiger partial charge on any atom is -0.298 e. The zero-order valence-corrected chi connectivity index (χ0v) is 10.2. The molecule has 0 saturated carbocycles. The fraction of sp³-hybridized carbons (Fsp3) is 0. The highest BCUT2D eigenvalue weighted by Gasteiger charge is 2.07. The summed E-state index contributed by atoms with van der Waals surface area (Å²) in [6, 6.07) is 13.3. The molecule has 0 saturated heterocycles. The van der Waals surface area contributed by atoms with Crippen LogP contribution in [-0.4, -0.2) is 14.7 Å². The lowest BCUT2D eigenvalue weighted by molar-refractivity contribution is 0.112. The van der Waals surface area contributed by atoms with Crippen LogP contribution in [0, 0.1) is 0 Å². The largest absolute Gasteiger partial charge is 0.298 e. The van der Waals surface area contributed by atoms with Crippen LogP contribution >= 0.6 is 0 Å². The molecule has 2 aromatic rings. The summed E-state index contributed by atoms with van der Waals surface area (Å²) in [5, 5.41) is 5.02. The van der Waals surface area contributed by atoms with Gasteiger partial charge in [0.25, 0.3) is 0 Å². The second kappa shape index (κ2) is 4.72. The first-order valence-corrected chi connectivity index (χ1v) is 6.74. The van der Waals surface area contributed by atoms with Crippen molar-refractivity contribution < 1.29 is 13.2 Å². The fourth-order valence-electron chi connectivity index (χ4n) is 1.59. The highest BCUT2D eigenvalue weighted by Crippen LogP contribution is 2.21. The Kier molecular flexibility index (Phi) is 3.27. The van der Waals surface area contributed by atoms with Crippen molar-refractivity contribution in [1.29, 1.82) is 0 Å². The molecule has 4 nitrogen and oxygen atoms in total. The number of sulfonamides is 1. The zero-order valence-electron chi connectivity index (χ0n) is 9.41. The Hall–Kier alpha value is -1.98. The highest BCUT2D eigenvalue weighted by atomic mass is 32.2. The smallest absolute Gasteiger partial charge is 0.238 e. The van der Waals surface area contributed by atoms with Crippen molar-refractivity contribution in [3.8, 4) is 11.1 Å². The van der Waals surface area contributed by atoms with Gasteiger partial charge in [-0.3, -0.25) is 4.79 Å². The molecule has 0 spiro atoms. The van der Waals surface area contributed by atoms with E-state index in [-0.39, 0.29) is 4.90 Å². The molecule has 0 unspecified atom stereocenters. The minimum absolute atomic E-state index is 0.0794. The van der Waals surface area contributed by atoms with Gasteiger partial charge in [0.15, 0.2) is 0 Å². The summed E-state index contributed by atoms with van der Waals surface area (Å²) in [6.07, 6.45) is 0.772. The van der Waals surface area contributed by atoms with Gasteiger partial charge in [-0.15, -0.1) is 0 Å². The molecule has 0 fully saturated rings. The molecule has 18 heavy (non-hydrogen) atoms. The van der Waals surface area contributed by atoms with Gasteiger partial charge in [-0.25, -0.2) is 13.6 Å². The molecule has 0 amide bonds. The average Bonchev–Trinajstić information content (AvgIpc) is 2.38. The summed E-state index contributed by atoms with van der Waals surface area (Å²) in [4.78, 5) is 10.6. The zero-order chi connectivity index (χ0) is 13.2. The Morgan fingerprint density at radius 2 is 1.28 bits per heavy atom. The van der Waals surface area contributed by atoms with E-state index in [0.717, 1.165) is 17.4 Å².